The fraction of sp³-hybridized carbons (Fsp3) is 0.211. The normalized spacial score (nSPS) is 10.7. The minimum absolute atomic E-state index is 0.713. The fourth-order valence-corrected chi connectivity index (χ4v) is 2.60. The van der Waals surface area contributed by atoms with Gasteiger partial charge in [-0.1, -0.05) is 60.1 Å². The summed E-state index contributed by atoms with van der Waals surface area (Å²) in [5.74, 6) is -1.54. The zero-order valence-electron chi connectivity index (χ0n) is 14.2. The lowest BCUT2D eigenvalue weighted by atomic mass is 10.0. The van der Waals surface area contributed by atoms with Crippen LogP contribution in [0.2, 0.25) is 0 Å². The van der Waals surface area contributed by atoms with E-state index < -0.39 is 11.8 Å². The predicted molar refractivity (Wildman–Crippen MR) is 104 cm³/mol. The summed E-state index contributed by atoms with van der Waals surface area (Å²) in [5.41, 5.74) is 5.77. The molecular formula is C19H20BrN3O2. The summed E-state index contributed by atoms with van der Waals surface area (Å²) in [6.45, 7) is 4.01. The van der Waals surface area contributed by atoms with E-state index in [0.717, 1.165) is 34.0 Å². The Kier molecular flexibility index (Phi) is 6.89. The third-order valence-electron chi connectivity index (χ3n) is 3.69. The highest BCUT2D eigenvalue weighted by Gasteiger charge is 2.16. The van der Waals surface area contributed by atoms with Crippen molar-refractivity contribution >= 4 is 39.6 Å². The Hall–Kier alpha value is -2.47. The first-order chi connectivity index (χ1) is 12.0. The zero-order valence-corrected chi connectivity index (χ0v) is 15.8. The first kappa shape index (κ1) is 18.9. The first-order valence-electron chi connectivity index (χ1n) is 8.05. The van der Waals surface area contributed by atoms with E-state index in [1.54, 1.807) is 0 Å². The fourth-order valence-electron chi connectivity index (χ4n) is 2.34. The molecule has 2 N–H and O–H groups in total. The molecule has 0 aliphatic rings. The summed E-state index contributed by atoms with van der Waals surface area (Å²) in [7, 11) is 0. The van der Waals surface area contributed by atoms with Gasteiger partial charge in [-0.25, -0.2) is 5.43 Å². The second-order valence-electron chi connectivity index (χ2n) is 5.36. The maximum atomic E-state index is 12.1. The van der Waals surface area contributed by atoms with Crippen LogP contribution in [-0.4, -0.2) is 18.0 Å². The minimum atomic E-state index is -0.804. The smallest absolute Gasteiger partial charge is 0.317 e. The average molecular weight is 402 g/mol. The van der Waals surface area contributed by atoms with Crippen LogP contribution in [0, 0.1) is 0 Å². The van der Waals surface area contributed by atoms with Gasteiger partial charge in [0.25, 0.3) is 0 Å². The van der Waals surface area contributed by atoms with Gasteiger partial charge in [0.05, 0.1) is 6.21 Å². The van der Waals surface area contributed by atoms with Gasteiger partial charge >= 0.3 is 11.8 Å². The highest BCUT2D eigenvalue weighted by Crippen LogP contribution is 2.22. The Balaban J connectivity index is 2.01. The van der Waals surface area contributed by atoms with Gasteiger partial charge in [-0.3, -0.25) is 9.59 Å². The van der Waals surface area contributed by atoms with Gasteiger partial charge in [0.2, 0.25) is 0 Å². The predicted octanol–water partition coefficient (Wildman–Crippen LogP) is 3.66. The molecule has 2 aromatic carbocycles. The molecule has 0 spiro atoms. The molecule has 0 bridgehead atoms. The molecule has 0 atom stereocenters. The van der Waals surface area contributed by atoms with Crippen LogP contribution in [0.4, 0.5) is 5.69 Å². The second kappa shape index (κ2) is 9.13. The van der Waals surface area contributed by atoms with Crippen LogP contribution in [0.5, 0.6) is 0 Å². The number of aryl methyl sites for hydroxylation is 2. The van der Waals surface area contributed by atoms with Crippen LogP contribution < -0.4 is 10.7 Å². The van der Waals surface area contributed by atoms with Gasteiger partial charge in [-0.2, -0.15) is 5.10 Å². The number of anilines is 1. The van der Waals surface area contributed by atoms with Gasteiger partial charge in [0.15, 0.2) is 0 Å². The third kappa shape index (κ3) is 5.26. The lowest BCUT2D eigenvalue weighted by Crippen LogP contribution is -2.33. The van der Waals surface area contributed by atoms with E-state index in [9.17, 15) is 9.59 Å². The summed E-state index contributed by atoms with van der Waals surface area (Å²) in [6, 6.07) is 13.2. The molecule has 0 radical (unpaired) electrons. The molecule has 5 nitrogen and oxygen atoms in total. The van der Waals surface area contributed by atoms with E-state index in [-0.39, 0.29) is 0 Å². The lowest BCUT2D eigenvalue weighted by Gasteiger charge is -2.13. The molecule has 2 amide bonds. The number of hydrogen-bond acceptors (Lipinski definition) is 3. The monoisotopic (exact) mass is 401 g/mol. The van der Waals surface area contributed by atoms with Crippen molar-refractivity contribution in [2.75, 3.05) is 5.32 Å². The number of benzene rings is 2. The van der Waals surface area contributed by atoms with E-state index >= 15 is 0 Å². The average Bonchev–Trinajstić information content (AvgIpc) is 2.63. The van der Waals surface area contributed by atoms with Gasteiger partial charge in [-0.15, -0.1) is 0 Å². The molecular weight excluding hydrogens is 382 g/mol. The number of para-hydroxylation sites is 1. The molecule has 130 valence electrons. The molecule has 0 heterocycles. The molecule has 0 unspecified atom stereocenters. The van der Waals surface area contributed by atoms with Crippen molar-refractivity contribution in [1.82, 2.24) is 5.43 Å². The van der Waals surface area contributed by atoms with Crippen LogP contribution >= 0.6 is 15.9 Å². The third-order valence-corrected chi connectivity index (χ3v) is 4.22. The molecule has 0 fully saturated rings. The summed E-state index contributed by atoms with van der Waals surface area (Å²) in [5, 5.41) is 6.52. The van der Waals surface area contributed by atoms with Crippen LogP contribution in [0.3, 0.4) is 0 Å². The number of carbonyl (C=O) groups is 2. The Morgan fingerprint density at radius 2 is 1.60 bits per heavy atom. The lowest BCUT2D eigenvalue weighted by molar-refractivity contribution is -0.136. The number of amides is 2. The van der Waals surface area contributed by atoms with Crippen LogP contribution in [0.15, 0.2) is 52.0 Å². The van der Waals surface area contributed by atoms with Gasteiger partial charge in [0.1, 0.15) is 0 Å². The van der Waals surface area contributed by atoms with Crippen molar-refractivity contribution in [2.24, 2.45) is 5.10 Å². The van der Waals surface area contributed by atoms with E-state index in [1.807, 2.05) is 56.3 Å². The Labute approximate surface area is 155 Å². The number of carbonyl (C=O) groups excluding carboxylic acids is 2. The van der Waals surface area contributed by atoms with E-state index in [4.69, 9.17) is 0 Å². The molecule has 0 saturated carbocycles. The van der Waals surface area contributed by atoms with Crippen LogP contribution in [-0.2, 0) is 22.4 Å². The maximum absolute atomic E-state index is 12.1. The Bertz CT molecular complexity index is 764. The Morgan fingerprint density at radius 1 is 1.00 bits per heavy atom. The molecule has 2 aromatic rings. The number of nitrogens with one attached hydrogen (secondary N) is 2. The van der Waals surface area contributed by atoms with Crippen molar-refractivity contribution in [3.8, 4) is 0 Å². The largest absolute Gasteiger partial charge is 0.329 e. The van der Waals surface area contributed by atoms with Gasteiger partial charge in [0, 0.05) is 10.2 Å². The van der Waals surface area contributed by atoms with Crippen molar-refractivity contribution in [3.63, 3.8) is 0 Å². The molecule has 0 saturated heterocycles. The molecule has 6 heteroatoms. The van der Waals surface area contributed by atoms with Crippen LogP contribution in [0.25, 0.3) is 0 Å². The summed E-state index contributed by atoms with van der Waals surface area (Å²) in [6.07, 6.45) is 3.02. The van der Waals surface area contributed by atoms with Crippen molar-refractivity contribution < 1.29 is 9.59 Å². The highest BCUT2D eigenvalue weighted by atomic mass is 79.9. The number of hydrogen-bond donors (Lipinski definition) is 2. The van der Waals surface area contributed by atoms with Crippen molar-refractivity contribution in [3.05, 3.63) is 63.6 Å². The molecule has 0 aliphatic carbocycles. The number of nitrogens with zero attached hydrogens (tertiary/aromatic N) is 1. The molecule has 2 rings (SSSR count). The van der Waals surface area contributed by atoms with E-state index in [2.05, 4.69) is 31.8 Å². The number of hydrazone groups is 1. The van der Waals surface area contributed by atoms with E-state index in [0.29, 0.717) is 5.69 Å². The number of halogens is 1. The molecule has 0 aromatic heterocycles. The molecule has 0 aliphatic heterocycles. The van der Waals surface area contributed by atoms with E-state index in [1.165, 1.54) is 6.21 Å². The highest BCUT2D eigenvalue weighted by molar-refractivity contribution is 9.10. The zero-order chi connectivity index (χ0) is 18.2. The minimum Gasteiger partial charge on any atom is -0.317 e. The van der Waals surface area contributed by atoms with Gasteiger partial charge < -0.3 is 5.32 Å². The van der Waals surface area contributed by atoms with Crippen molar-refractivity contribution in [2.45, 2.75) is 26.7 Å². The topological polar surface area (TPSA) is 70.6 Å². The Morgan fingerprint density at radius 3 is 2.16 bits per heavy atom. The van der Waals surface area contributed by atoms with Crippen molar-refractivity contribution in [1.29, 1.82) is 0 Å². The maximum Gasteiger partial charge on any atom is 0.329 e. The summed E-state index contributed by atoms with van der Waals surface area (Å²) < 4.78 is 0.953. The quantitative estimate of drug-likeness (QED) is 0.455. The first-order valence-corrected chi connectivity index (χ1v) is 8.85. The standard InChI is InChI=1S/C19H20BrN3O2/c1-3-14-6-5-7-15(4-2)17(14)22-18(24)19(25)23-21-12-13-8-10-16(20)11-9-13/h5-12H,3-4H2,1-2H3,(H,22,24)(H,23,25)/b21-12-. The number of rotatable bonds is 5. The molecule has 25 heavy (non-hydrogen) atoms. The van der Waals surface area contributed by atoms with Gasteiger partial charge in [-0.05, 0) is 41.7 Å². The second-order valence-corrected chi connectivity index (χ2v) is 6.28. The SMILES string of the molecule is CCc1cccc(CC)c1NC(=O)C(=O)N/N=C\c1ccc(Br)cc1. The summed E-state index contributed by atoms with van der Waals surface area (Å²) >= 11 is 3.34. The summed E-state index contributed by atoms with van der Waals surface area (Å²) in [4.78, 5) is 24.1. The van der Waals surface area contributed by atoms with Crippen LogP contribution in [0.1, 0.15) is 30.5 Å².